The molecule has 120 valence electrons. The third kappa shape index (κ3) is 2.66. The Balaban J connectivity index is 1.75. The van der Waals surface area contributed by atoms with Crippen molar-refractivity contribution in [1.82, 2.24) is 0 Å². The van der Waals surface area contributed by atoms with Gasteiger partial charge in [0.1, 0.15) is 0 Å². The number of aryl methyl sites for hydroxylation is 2. The average molecular weight is 307 g/mol. The van der Waals surface area contributed by atoms with Crippen LogP contribution >= 0.6 is 0 Å². The minimum Gasteiger partial charge on any atom is -0.378 e. The van der Waals surface area contributed by atoms with E-state index in [0.717, 1.165) is 19.4 Å². The van der Waals surface area contributed by atoms with Crippen molar-refractivity contribution in [3.05, 3.63) is 64.7 Å². The first-order valence-electron chi connectivity index (χ1n) is 8.84. The minimum absolute atomic E-state index is 0.234. The van der Waals surface area contributed by atoms with Gasteiger partial charge in [-0.15, -0.1) is 0 Å². The van der Waals surface area contributed by atoms with Crippen molar-refractivity contribution in [3.63, 3.8) is 0 Å². The van der Waals surface area contributed by atoms with Gasteiger partial charge in [-0.25, -0.2) is 0 Å². The number of nitrogens with one attached hydrogen (secondary N) is 1. The molecule has 2 heteroatoms. The normalized spacial score (nSPS) is 26.1. The van der Waals surface area contributed by atoms with E-state index in [2.05, 4.69) is 61.6 Å². The fourth-order valence-corrected chi connectivity index (χ4v) is 4.04. The molecule has 4 rings (SSSR count). The summed E-state index contributed by atoms with van der Waals surface area (Å²) in [5.41, 5.74) is 6.69. The van der Waals surface area contributed by atoms with Gasteiger partial charge in [0.2, 0.25) is 0 Å². The molecule has 0 aliphatic carbocycles. The molecule has 0 radical (unpaired) electrons. The Bertz CT molecular complexity index is 691. The molecule has 2 aromatic rings. The third-order valence-electron chi connectivity index (χ3n) is 5.37. The van der Waals surface area contributed by atoms with Crippen LogP contribution in [-0.2, 0) is 11.2 Å². The summed E-state index contributed by atoms with van der Waals surface area (Å²) in [6, 6.07) is 16.1. The lowest BCUT2D eigenvalue weighted by Gasteiger charge is -2.43. The van der Waals surface area contributed by atoms with Gasteiger partial charge < -0.3 is 10.1 Å². The Morgan fingerprint density at radius 2 is 1.96 bits per heavy atom. The highest BCUT2D eigenvalue weighted by molar-refractivity contribution is 5.58. The first-order valence-corrected chi connectivity index (χ1v) is 8.84. The van der Waals surface area contributed by atoms with Crippen LogP contribution in [0.5, 0.6) is 0 Å². The van der Waals surface area contributed by atoms with Crippen LogP contribution in [-0.4, -0.2) is 6.61 Å². The zero-order valence-corrected chi connectivity index (χ0v) is 14.0. The number of fused-ring (bicyclic) bond motifs is 3. The molecule has 2 aliphatic rings. The summed E-state index contributed by atoms with van der Waals surface area (Å²) in [6.07, 6.45) is 3.70. The summed E-state index contributed by atoms with van der Waals surface area (Å²) in [5.74, 6) is 0.520. The lowest BCUT2D eigenvalue weighted by atomic mass is 9.77. The summed E-state index contributed by atoms with van der Waals surface area (Å²) in [5, 5.41) is 3.80. The Morgan fingerprint density at radius 1 is 1.13 bits per heavy atom. The number of ether oxygens (including phenoxy) is 1. The van der Waals surface area contributed by atoms with Gasteiger partial charge in [-0.1, -0.05) is 48.9 Å². The quantitative estimate of drug-likeness (QED) is 0.824. The molecular formula is C21H25NO. The second kappa shape index (κ2) is 6.01. The topological polar surface area (TPSA) is 21.3 Å². The van der Waals surface area contributed by atoms with Crippen molar-refractivity contribution in [2.75, 3.05) is 11.9 Å². The van der Waals surface area contributed by atoms with Crippen LogP contribution < -0.4 is 5.32 Å². The first kappa shape index (κ1) is 14.8. The molecule has 0 saturated carbocycles. The van der Waals surface area contributed by atoms with Crippen LogP contribution in [0.1, 0.15) is 54.2 Å². The predicted octanol–water partition coefficient (Wildman–Crippen LogP) is 5.19. The van der Waals surface area contributed by atoms with Gasteiger partial charge >= 0.3 is 0 Å². The van der Waals surface area contributed by atoms with Crippen LogP contribution in [0.4, 0.5) is 5.69 Å². The third-order valence-corrected chi connectivity index (χ3v) is 5.37. The van der Waals surface area contributed by atoms with Gasteiger partial charge in [0, 0.05) is 23.8 Å². The van der Waals surface area contributed by atoms with Crippen LogP contribution in [0.25, 0.3) is 0 Å². The Hall–Kier alpha value is -1.80. The van der Waals surface area contributed by atoms with Crippen molar-refractivity contribution in [1.29, 1.82) is 0 Å². The van der Waals surface area contributed by atoms with Gasteiger partial charge in [-0.2, -0.15) is 0 Å². The number of hydrogen-bond acceptors (Lipinski definition) is 2. The number of anilines is 1. The van der Waals surface area contributed by atoms with E-state index in [1.165, 1.54) is 34.4 Å². The standard InChI is InChI=1S/C21H25NO/c1-3-15-8-11-19-18(13-15)21-17(5-4-12-23-21)20(22-19)16-9-6-14(2)7-10-16/h6-11,13,17,20-22H,3-5,12H2,1-2H3/t17-,20?,21-/m0/s1. The van der Waals surface area contributed by atoms with E-state index in [9.17, 15) is 0 Å². The fraction of sp³-hybridized carbons (Fsp3) is 0.429. The van der Waals surface area contributed by atoms with Crippen LogP contribution in [0.2, 0.25) is 0 Å². The maximum Gasteiger partial charge on any atom is 0.0895 e. The smallest absolute Gasteiger partial charge is 0.0895 e. The van der Waals surface area contributed by atoms with Gasteiger partial charge in [0.25, 0.3) is 0 Å². The summed E-state index contributed by atoms with van der Waals surface area (Å²) in [4.78, 5) is 0. The number of rotatable bonds is 2. The Labute approximate surface area is 138 Å². The van der Waals surface area contributed by atoms with E-state index in [1.54, 1.807) is 0 Å². The van der Waals surface area contributed by atoms with Crippen molar-refractivity contribution in [3.8, 4) is 0 Å². The second-order valence-electron chi connectivity index (χ2n) is 6.91. The summed E-state index contributed by atoms with van der Waals surface area (Å²) in [6.45, 7) is 5.25. The van der Waals surface area contributed by atoms with E-state index in [0.29, 0.717) is 12.0 Å². The van der Waals surface area contributed by atoms with Gasteiger partial charge in [0.15, 0.2) is 0 Å². The van der Waals surface area contributed by atoms with Crippen LogP contribution in [0, 0.1) is 12.8 Å². The van der Waals surface area contributed by atoms with Crippen molar-refractivity contribution >= 4 is 5.69 Å². The van der Waals surface area contributed by atoms with E-state index >= 15 is 0 Å². The molecule has 1 N–H and O–H groups in total. The van der Waals surface area contributed by atoms with Crippen molar-refractivity contribution in [2.45, 2.75) is 45.3 Å². The van der Waals surface area contributed by atoms with Crippen molar-refractivity contribution < 1.29 is 4.74 Å². The largest absolute Gasteiger partial charge is 0.378 e. The van der Waals surface area contributed by atoms with Gasteiger partial charge in [-0.05, 0) is 43.4 Å². The molecule has 2 aliphatic heterocycles. The Morgan fingerprint density at radius 3 is 2.74 bits per heavy atom. The average Bonchev–Trinajstić information content (AvgIpc) is 2.61. The molecule has 2 heterocycles. The summed E-state index contributed by atoms with van der Waals surface area (Å²) < 4.78 is 6.24. The first-order chi connectivity index (χ1) is 11.3. The highest BCUT2D eigenvalue weighted by Gasteiger charge is 2.39. The molecule has 0 bridgehead atoms. The molecule has 0 aromatic heterocycles. The van der Waals surface area contributed by atoms with E-state index < -0.39 is 0 Å². The maximum atomic E-state index is 6.24. The molecule has 1 unspecified atom stereocenters. The van der Waals surface area contributed by atoms with Gasteiger partial charge in [-0.3, -0.25) is 0 Å². The predicted molar refractivity (Wildman–Crippen MR) is 94.8 cm³/mol. The van der Waals surface area contributed by atoms with E-state index in [1.807, 2.05) is 0 Å². The maximum absolute atomic E-state index is 6.24. The second-order valence-corrected chi connectivity index (χ2v) is 6.91. The molecule has 1 saturated heterocycles. The van der Waals surface area contributed by atoms with E-state index in [-0.39, 0.29) is 6.10 Å². The molecule has 2 aromatic carbocycles. The lowest BCUT2D eigenvalue weighted by molar-refractivity contribution is -0.0381. The highest BCUT2D eigenvalue weighted by Crippen LogP contribution is 2.49. The fourth-order valence-electron chi connectivity index (χ4n) is 4.04. The highest BCUT2D eigenvalue weighted by atomic mass is 16.5. The van der Waals surface area contributed by atoms with Crippen LogP contribution in [0.15, 0.2) is 42.5 Å². The molecule has 23 heavy (non-hydrogen) atoms. The minimum atomic E-state index is 0.234. The van der Waals surface area contributed by atoms with Crippen LogP contribution in [0.3, 0.4) is 0 Å². The van der Waals surface area contributed by atoms with Crippen molar-refractivity contribution in [2.24, 2.45) is 5.92 Å². The zero-order valence-electron chi connectivity index (χ0n) is 14.0. The number of hydrogen-bond donors (Lipinski definition) is 1. The molecule has 2 nitrogen and oxygen atoms in total. The molecule has 0 spiro atoms. The van der Waals surface area contributed by atoms with E-state index in [4.69, 9.17) is 4.74 Å². The Kier molecular flexibility index (Phi) is 3.86. The molecule has 0 amide bonds. The lowest BCUT2D eigenvalue weighted by Crippen LogP contribution is -2.36. The zero-order chi connectivity index (χ0) is 15.8. The SMILES string of the molecule is CCc1ccc2c(c1)[C@H]1OCCC[C@H]1C(c1ccc(C)cc1)N2. The molecule has 3 atom stereocenters. The summed E-state index contributed by atoms with van der Waals surface area (Å²) in [7, 11) is 0. The molecular weight excluding hydrogens is 282 g/mol. The van der Waals surface area contributed by atoms with Gasteiger partial charge in [0.05, 0.1) is 12.1 Å². The summed E-state index contributed by atoms with van der Waals surface area (Å²) >= 11 is 0. The monoisotopic (exact) mass is 307 g/mol. The number of benzene rings is 2. The molecule has 1 fully saturated rings.